The second-order valence-corrected chi connectivity index (χ2v) is 3.52. The van der Waals surface area contributed by atoms with Crippen LogP contribution >= 0.6 is 11.6 Å². The minimum atomic E-state index is -0.464. The van der Waals surface area contributed by atoms with Crippen LogP contribution in [0.1, 0.15) is 10.4 Å². The Morgan fingerprint density at radius 3 is 2.80 bits per heavy atom. The fraction of sp³-hybridized carbons (Fsp3) is 0.200. The van der Waals surface area contributed by atoms with Gasteiger partial charge in [-0.2, -0.15) is 0 Å². The van der Waals surface area contributed by atoms with E-state index in [1.165, 1.54) is 0 Å². The van der Waals surface area contributed by atoms with Gasteiger partial charge in [-0.25, -0.2) is 0 Å². The number of aldehydes is 1. The van der Waals surface area contributed by atoms with Gasteiger partial charge in [0.2, 0.25) is 5.91 Å². The molecule has 0 spiro atoms. The van der Waals surface area contributed by atoms with Gasteiger partial charge in [-0.05, 0) is 12.1 Å². The zero-order valence-electron chi connectivity index (χ0n) is 8.24. The Bertz CT molecular complexity index is 393. The first kappa shape index (κ1) is 11.5. The maximum absolute atomic E-state index is 10.8. The molecule has 0 saturated heterocycles. The van der Waals surface area contributed by atoms with Crippen molar-refractivity contribution in [3.8, 4) is 0 Å². The van der Waals surface area contributed by atoms with Crippen molar-refractivity contribution in [2.24, 2.45) is 5.73 Å². The van der Waals surface area contributed by atoms with Crippen LogP contribution in [0.25, 0.3) is 0 Å². The molecule has 0 radical (unpaired) electrons. The molecule has 1 amide bonds. The second kappa shape index (κ2) is 4.79. The molecule has 0 aliphatic rings. The Labute approximate surface area is 92.6 Å². The number of carbonyl (C=O) groups excluding carboxylic acids is 2. The van der Waals surface area contributed by atoms with Gasteiger partial charge in [0, 0.05) is 12.7 Å². The molecule has 1 aromatic carbocycles. The smallest absolute Gasteiger partial charge is 0.236 e. The molecule has 0 atom stereocenters. The van der Waals surface area contributed by atoms with Crippen molar-refractivity contribution in [2.75, 3.05) is 18.5 Å². The number of anilines is 1. The zero-order valence-corrected chi connectivity index (χ0v) is 8.99. The van der Waals surface area contributed by atoms with E-state index < -0.39 is 5.91 Å². The first-order valence-electron chi connectivity index (χ1n) is 4.29. The van der Waals surface area contributed by atoms with Gasteiger partial charge in [0.25, 0.3) is 0 Å². The number of hydrogen-bond acceptors (Lipinski definition) is 3. The van der Waals surface area contributed by atoms with Gasteiger partial charge in [-0.3, -0.25) is 9.59 Å². The minimum absolute atomic E-state index is 0.0428. The number of halogens is 1. The van der Waals surface area contributed by atoms with Crippen molar-refractivity contribution in [3.63, 3.8) is 0 Å². The van der Waals surface area contributed by atoms with Gasteiger partial charge in [-0.15, -0.1) is 0 Å². The van der Waals surface area contributed by atoms with E-state index in [1.54, 1.807) is 30.1 Å². The van der Waals surface area contributed by atoms with Crippen LogP contribution in [0, 0.1) is 0 Å². The van der Waals surface area contributed by atoms with E-state index >= 15 is 0 Å². The molecule has 2 N–H and O–H groups in total. The molecule has 0 fully saturated rings. The van der Waals surface area contributed by atoms with Gasteiger partial charge in [-0.1, -0.05) is 17.7 Å². The summed E-state index contributed by atoms with van der Waals surface area (Å²) in [5, 5.41) is 0.360. The Morgan fingerprint density at radius 1 is 1.60 bits per heavy atom. The molecule has 0 bridgehead atoms. The van der Waals surface area contributed by atoms with Crippen LogP contribution < -0.4 is 10.6 Å². The number of benzene rings is 1. The number of rotatable bonds is 4. The molecule has 5 heteroatoms. The highest BCUT2D eigenvalue weighted by atomic mass is 35.5. The van der Waals surface area contributed by atoms with Crippen molar-refractivity contribution >= 4 is 29.5 Å². The van der Waals surface area contributed by atoms with Gasteiger partial charge in [0.1, 0.15) is 0 Å². The predicted molar refractivity (Wildman–Crippen MR) is 59.3 cm³/mol. The van der Waals surface area contributed by atoms with E-state index in [9.17, 15) is 9.59 Å². The summed E-state index contributed by atoms with van der Waals surface area (Å²) in [5.74, 6) is -0.464. The van der Waals surface area contributed by atoms with Gasteiger partial charge in [0.05, 0.1) is 17.1 Å². The normalized spacial score (nSPS) is 9.73. The Kier molecular flexibility index (Phi) is 3.68. The average molecular weight is 227 g/mol. The predicted octanol–water partition coefficient (Wildman–Crippen LogP) is 1.07. The molecular formula is C10H11ClN2O2. The van der Waals surface area contributed by atoms with Crippen molar-refractivity contribution in [1.82, 2.24) is 0 Å². The summed E-state index contributed by atoms with van der Waals surface area (Å²) < 4.78 is 0. The highest BCUT2D eigenvalue weighted by Gasteiger charge is 2.11. The maximum Gasteiger partial charge on any atom is 0.236 e. The fourth-order valence-electron chi connectivity index (χ4n) is 1.29. The molecule has 1 aromatic rings. The Balaban J connectivity index is 3.07. The SMILES string of the molecule is CN(CC(N)=O)c1cccc(Cl)c1C=O. The number of likely N-dealkylation sites (N-methyl/N-ethyl adjacent to an activating group) is 1. The molecular weight excluding hydrogens is 216 g/mol. The molecule has 80 valence electrons. The van der Waals surface area contributed by atoms with Gasteiger partial charge < -0.3 is 10.6 Å². The summed E-state index contributed by atoms with van der Waals surface area (Å²) in [6, 6.07) is 5.04. The molecule has 0 unspecified atom stereocenters. The van der Waals surface area contributed by atoms with Crippen LogP contribution in [-0.4, -0.2) is 25.8 Å². The molecule has 0 aromatic heterocycles. The second-order valence-electron chi connectivity index (χ2n) is 3.11. The largest absolute Gasteiger partial charge is 0.368 e. The molecule has 0 aliphatic heterocycles. The van der Waals surface area contributed by atoms with E-state index in [1.807, 2.05) is 0 Å². The number of nitrogens with zero attached hydrogens (tertiary/aromatic N) is 1. The standard InChI is InChI=1S/C10H11ClN2O2/c1-13(5-10(12)15)9-4-2-3-8(11)7(9)6-14/h2-4,6H,5H2,1H3,(H2,12,15). The summed E-state index contributed by atoms with van der Waals surface area (Å²) >= 11 is 5.84. The van der Waals surface area contributed by atoms with E-state index in [0.29, 0.717) is 22.6 Å². The zero-order chi connectivity index (χ0) is 11.4. The summed E-state index contributed by atoms with van der Waals surface area (Å²) in [7, 11) is 1.67. The van der Waals surface area contributed by atoms with Gasteiger partial charge in [0.15, 0.2) is 6.29 Å². The fourth-order valence-corrected chi connectivity index (χ4v) is 1.51. The minimum Gasteiger partial charge on any atom is -0.368 e. The number of hydrogen-bond donors (Lipinski definition) is 1. The first-order valence-corrected chi connectivity index (χ1v) is 4.67. The highest BCUT2D eigenvalue weighted by Crippen LogP contribution is 2.24. The molecule has 0 heterocycles. The van der Waals surface area contributed by atoms with Crippen molar-refractivity contribution < 1.29 is 9.59 Å². The van der Waals surface area contributed by atoms with Crippen LogP contribution in [-0.2, 0) is 4.79 Å². The lowest BCUT2D eigenvalue weighted by Gasteiger charge is -2.19. The number of primary amides is 1. The van der Waals surface area contributed by atoms with E-state index in [-0.39, 0.29) is 6.54 Å². The van der Waals surface area contributed by atoms with Gasteiger partial charge >= 0.3 is 0 Å². The molecule has 0 saturated carbocycles. The third-order valence-corrected chi connectivity index (χ3v) is 2.28. The Morgan fingerprint density at radius 2 is 2.27 bits per heavy atom. The number of carbonyl (C=O) groups is 2. The lowest BCUT2D eigenvalue weighted by Crippen LogP contribution is -2.31. The van der Waals surface area contributed by atoms with Crippen LogP contribution in [0.4, 0.5) is 5.69 Å². The summed E-state index contributed by atoms with van der Waals surface area (Å²) in [6.45, 7) is 0.0428. The average Bonchev–Trinajstić information content (AvgIpc) is 2.16. The number of amides is 1. The lowest BCUT2D eigenvalue weighted by molar-refractivity contribution is -0.116. The van der Waals surface area contributed by atoms with E-state index in [2.05, 4.69) is 0 Å². The maximum atomic E-state index is 10.8. The van der Waals surface area contributed by atoms with Crippen LogP contribution in [0.5, 0.6) is 0 Å². The third kappa shape index (κ3) is 2.70. The summed E-state index contributed by atoms with van der Waals surface area (Å²) in [4.78, 5) is 23.1. The molecule has 15 heavy (non-hydrogen) atoms. The van der Waals surface area contributed by atoms with Crippen molar-refractivity contribution in [3.05, 3.63) is 28.8 Å². The topological polar surface area (TPSA) is 63.4 Å². The molecule has 0 aliphatic carbocycles. The molecule has 1 rings (SSSR count). The lowest BCUT2D eigenvalue weighted by atomic mass is 10.2. The quantitative estimate of drug-likeness (QED) is 0.782. The van der Waals surface area contributed by atoms with E-state index in [0.717, 1.165) is 0 Å². The summed E-state index contributed by atoms with van der Waals surface area (Å²) in [6.07, 6.45) is 0.662. The van der Waals surface area contributed by atoms with Crippen LogP contribution in [0.15, 0.2) is 18.2 Å². The number of nitrogens with two attached hydrogens (primary N) is 1. The van der Waals surface area contributed by atoms with Crippen LogP contribution in [0.3, 0.4) is 0 Å². The van der Waals surface area contributed by atoms with Crippen molar-refractivity contribution in [2.45, 2.75) is 0 Å². The monoisotopic (exact) mass is 226 g/mol. The third-order valence-electron chi connectivity index (χ3n) is 1.95. The van der Waals surface area contributed by atoms with Crippen molar-refractivity contribution in [1.29, 1.82) is 0 Å². The van der Waals surface area contributed by atoms with Crippen LogP contribution in [0.2, 0.25) is 5.02 Å². The first-order chi connectivity index (χ1) is 7.06. The highest BCUT2D eigenvalue weighted by molar-refractivity contribution is 6.33. The summed E-state index contributed by atoms with van der Waals surface area (Å²) in [5.41, 5.74) is 6.02. The van der Waals surface area contributed by atoms with E-state index in [4.69, 9.17) is 17.3 Å². The Hall–Kier alpha value is -1.55. The molecule has 4 nitrogen and oxygen atoms in total.